The fourth-order valence-corrected chi connectivity index (χ4v) is 3.18. The van der Waals surface area contributed by atoms with Gasteiger partial charge in [-0.2, -0.15) is 9.98 Å². The van der Waals surface area contributed by atoms with E-state index in [-0.39, 0.29) is 10.0 Å². The molecule has 0 radical (unpaired) electrons. The first-order valence-electron chi connectivity index (χ1n) is 4.65. The second-order valence-electron chi connectivity index (χ2n) is 3.74. The molecule has 0 bridgehead atoms. The van der Waals surface area contributed by atoms with E-state index in [1.807, 2.05) is 6.07 Å². The summed E-state index contributed by atoms with van der Waals surface area (Å²) in [4.78, 5) is 3.72. The predicted molar refractivity (Wildman–Crippen MR) is 64.8 cm³/mol. The number of hydrogen-bond donors (Lipinski definition) is 1. The number of halogens is 2. The van der Waals surface area contributed by atoms with Gasteiger partial charge in [0.2, 0.25) is 10.0 Å². The summed E-state index contributed by atoms with van der Waals surface area (Å²) in [5, 5.41) is 9.03. The molecule has 0 aliphatic heterocycles. The molecular formula is C9H7BrClN3O2S. The van der Waals surface area contributed by atoms with Crippen LogP contribution in [0.4, 0.5) is 0 Å². The van der Waals surface area contributed by atoms with Crippen LogP contribution in [-0.4, -0.2) is 18.9 Å². The molecule has 1 heterocycles. The minimum absolute atomic E-state index is 0.0182. The number of nitriles is 1. The molecular weight excluding hydrogens is 330 g/mol. The van der Waals surface area contributed by atoms with Crippen LogP contribution in [0.1, 0.15) is 12.8 Å². The maximum atomic E-state index is 11.9. The maximum absolute atomic E-state index is 11.9. The van der Waals surface area contributed by atoms with Crippen LogP contribution in [0, 0.1) is 11.3 Å². The van der Waals surface area contributed by atoms with Gasteiger partial charge in [0.1, 0.15) is 15.6 Å². The van der Waals surface area contributed by atoms with Crippen molar-refractivity contribution in [3.05, 3.63) is 21.9 Å². The van der Waals surface area contributed by atoms with Crippen molar-refractivity contribution in [2.75, 3.05) is 0 Å². The standard InChI is InChI=1S/C9H7BrClN3O2S/c10-7-3-6(4-13-8(7)11)17(15,16)14-9(5-12)1-2-9/h3-4,14H,1-2H2. The van der Waals surface area contributed by atoms with Crippen LogP contribution in [0.3, 0.4) is 0 Å². The molecule has 0 aromatic carbocycles. The quantitative estimate of drug-likeness (QED) is 0.854. The zero-order chi connectivity index (χ0) is 12.7. The third kappa shape index (κ3) is 2.60. The molecule has 1 aromatic heterocycles. The van der Waals surface area contributed by atoms with Crippen LogP contribution in [0.2, 0.25) is 5.15 Å². The van der Waals surface area contributed by atoms with Gasteiger partial charge in [0, 0.05) is 6.20 Å². The Morgan fingerprint density at radius 3 is 2.71 bits per heavy atom. The van der Waals surface area contributed by atoms with E-state index < -0.39 is 15.6 Å². The van der Waals surface area contributed by atoms with Gasteiger partial charge in [-0.1, -0.05) is 11.6 Å². The molecule has 0 saturated heterocycles. The van der Waals surface area contributed by atoms with Gasteiger partial charge in [0.05, 0.1) is 10.5 Å². The average Bonchev–Trinajstić information content (AvgIpc) is 3.02. The molecule has 1 saturated carbocycles. The van der Waals surface area contributed by atoms with Crippen molar-refractivity contribution in [3.8, 4) is 6.07 Å². The number of nitrogens with zero attached hydrogens (tertiary/aromatic N) is 2. The number of hydrogen-bond acceptors (Lipinski definition) is 4. The van der Waals surface area contributed by atoms with E-state index in [9.17, 15) is 8.42 Å². The predicted octanol–water partition coefficient (Wildman–Crippen LogP) is 1.83. The van der Waals surface area contributed by atoms with Gasteiger partial charge in [0.15, 0.2) is 0 Å². The van der Waals surface area contributed by atoms with E-state index in [1.54, 1.807) is 0 Å². The van der Waals surface area contributed by atoms with Crippen LogP contribution in [0.15, 0.2) is 21.6 Å². The maximum Gasteiger partial charge on any atom is 0.243 e. The van der Waals surface area contributed by atoms with Crippen molar-refractivity contribution < 1.29 is 8.42 Å². The SMILES string of the molecule is N#CC1(NS(=O)(=O)c2cnc(Cl)c(Br)c2)CC1. The zero-order valence-corrected chi connectivity index (χ0v) is 11.6. The molecule has 90 valence electrons. The lowest BCUT2D eigenvalue weighted by molar-refractivity contribution is 0.570. The van der Waals surface area contributed by atoms with E-state index in [2.05, 4.69) is 25.6 Å². The third-order valence-corrected chi connectivity index (χ3v) is 5.01. The second kappa shape index (κ2) is 4.21. The molecule has 1 N–H and O–H groups in total. The Kier molecular flexibility index (Phi) is 3.16. The molecule has 0 atom stereocenters. The van der Waals surface area contributed by atoms with Crippen LogP contribution < -0.4 is 4.72 Å². The van der Waals surface area contributed by atoms with Crippen LogP contribution in [0.5, 0.6) is 0 Å². The van der Waals surface area contributed by atoms with Gasteiger partial charge >= 0.3 is 0 Å². The molecule has 1 fully saturated rings. The minimum Gasteiger partial charge on any atom is -0.242 e. The number of nitrogens with one attached hydrogen (secondary N) is 1. The fraction of sp³-hybridized carbons (Fsp3) is 0.333. The van der Waals surface area contributed by atoms with Crippen molar-refractivity contribution in [2.45, 2.75) is 23.3 Å². The van der Waals surface area contributed by atoms with Crippen LogP contribution in [0.25, 0.3) is 0 Å². The van der Waals surface area contributed by atoms with Crippen LogP contribution in [-0.2, 0) is 10.0 Å². The summed E-state index contributed by atoms with van der Waals surface area (Å²) in [7, 11) is -3.73. The molecule has 1 aliphatic carbocycles. The molecule has 0 unspecified atom stereocenters. The van der Waals surface area contributed by atoms with E-state index in [0.29, 0.717) is 17.3 Å². The highest BCUT2D eigenvalue weighted by molar-refractivity contribution is 9.10. The topological polar surface area (TPSA) is 82.9 Å². The molecule has 0 spiro atoms. The van der Waals surface area contributed by atoms with Gasteiger partial charge < -0.3 is 0 Å². The monoisotopic (exact) mass is 335 g/mol. The lowest BCUT2D eigenvalue weighted by atomic mass is 10.3. The fourth-order valence-electron chi connectivity index (χ4n) is 1.23. The Bertz CT molecular complexity index is 607. The Morgan fingerprint density at radius 1 is 1.59 bits per heavy atom. The van der Waals surface area contributed by atoms with Crippen molar-refractivity contribution >= 4 is 37.6 Å². The van der Waals surface area contributed by atoms with E-state index in [0.717, 1.165) is 6.20 Å². The molecule has 0 amide bonds. The molecule has 1 aliphatic rings. The normalized spacial score (nSPS) is 17.5. The number of pyridine rings is 1. The first-order chi connectivity index (χ1) is 7.88. The Labute approximate surface area is 112 Å². The summed E-state index contributed by atoms with van der Waals surface area (Å²) in [5.41, 5.74) is -0.940. The van der Waals surface area contributed by atoms with E-state index >= 15 is 0 Å². The molecule has 5 nitrogen and oxygen atoms in total. The van der Waals surface area contributed by atoms with E-state index in [4.69, 9.17) is 16.9 Å². The first kappa shape index (κ1) is 12.8. The highest BCUT2D eigenvalue weighted by atomic mass is 79.9. The van der Waals surface area contributed by atoms with Crippen molar-refractivity contribution in [2.24, 2.45) is 0 Å². The minimum atomic E-state index is -3.73. The molecule has 1 aromatic rings. The average molecular weight is 337 g/mol. The molecule has 8 heteroatoms. The van der Waals surface area contributed by atoms with Gasteiger partial charge in [-0.25, -0.2) is 13.4 Å². The largest absolute Gasteiger partial charge is 0.243 e. The Hall–Kier alpha value is -0.680. The summed E-state index contributed by atoms with van der Waals surface area (Å²) in [6.07, 6.45) is 2.22. The lowest BCUT2D eigenvalue weighted by Gasteiger charge is -2.10. The Balaban J connectivity index is 2.33. The number of aromatic nitrogens is 1. The smallest absolute Gasteiger partial charge is 0.242 e. The van der Waals surface area contributed by atoms with Crippen molar-refractivity contribution in [1.29, 1.82) is 5.26 Å². The highest BCUT2D eigenvalue weighted by Crippen LogP contribution is 2.36. The zero-order valence-electron chi connectivity index (χ0n) is 8.44. The van der Waals surface area contributed by atoms with Crippen molar-refractivity contribution in [1.82, 2.24) is 9.71 Å². The Morgan fingerprint density at radius 2 is 2.24 bits per heavy atom. The van der Waals surface area contributed by atoms with Gasteiger partial charge in [-0.3, -0.25) is 0 Å². The third-order valence-electron chi connectivity index (χ3n) is 2.38. The van der Waals surface area contributed by atoms with Crippen LogP contribution >= 0.6 is 27.5 Å². The lowest BCUT2D eigenvalue weighted by Crippen LogP contribution is -2.35. The number of sulfonamides is 1. The molecule has 17 heavy (non-hydrogen) atoms. The summed E-state index contributed by atoms with van der Waals surface area (Å²) in [6, 6.07) is 3.31. The van der Waals surface area contributed by atoms with Gasteiger partial charge in [-0.05, 0) is 34.8 Å². The van der Waals surface area contributed by atoms with Gasteiger partial charge in [0.25, 0.3) is 0 Å². The van der Waals surface area contributed by atoms with E-state index in [1.165, 1.54) is 6.07 Å². The first-order valence-corrected chi connectivity index (χ1v) is 7.30. The summed E-state index contributed by atoms with van der Waals surface area (Å²) in [5.74, 6) is 0. The summed E-state index contributed by atoms with van der Waals surface area (Å²) >= 11 is 8.78. The summed E-state index contributed by atoms with van der Waals surface area (Å²) < 4.78 is 26.6. The second-order valence-corrected chi connectivity index (χ2v) is 6.64. The van der Waals surface area contributed by atoms with Gasteiger partial charge in [-0.15, -0.1) is 0 Å². The summed E-state index contributed by atoms with van der Waals surface area (Å²) in [6.45, 7) is 0. The molecule has 2 rings (SSSR count). The number of rotatable bonds is 3. The van der Waals surface area contributed by atoms with Crippen molar-refractivity contribution in [3.63, 3.8) is 0 Å². The highest BCUT2D eigenvalue weighted by Gasteiger charge is 2.46.